The Bertz CT molecular complexity index is 537. The average molecular weight is 257 g/mol. The van der Waals surface area contributed by atoms with Crippen LogP contribution in [0.4, 0.5) is 23.0 Å². The van der Waals surface area contributed by atoms with E-state index in [9.17, 15) is 0 Å². The summed E-state index contributed by atoms with van der Waals surface area (Å²) in [6, 6.07) is 9.53. The van der Waals surface area contributed by atoms with Crippen molar-refractivity contribution in [2.45, 2.75) is 13.8 Å². The molecule has 2 rings (SSSR count). The average Bonchev–Trinajstić information content (AvgIpc) is 2.41. The fraction of sp³-hybridized carbons (Fsp3) is 0.286. The fourth-order valence-electron chi connectivity index (χ4n) is 1.90. The van der Waals surface area contributed by atoms with Gasteiger partial charge < -0.3 is 16.0 Å². The Morgan fingerprint density at radius 3 is 2.63 bits per heavy atom. The summed E-state index contributed by atoms with van der Waals surface area (Å²) in [4.78, 5) is 10.7. The van der Waals surface area contributed by atoms with Crippen LogP contribution >= 0.6 is 0 Å². The highest BCUT2D eigenvalue weighted by atomic mass is 15.2. The molecule has 0 amide bonds. The molecule has 0 atom stereocenters. The Hall–Kier alpha value is -2.30. The Labute approximate surface area is 113 Å². The van der Waals surface area contributed by atoms with Crippen molar-refractivity contribution in [1.82, 2.24) is 9.97 Å². The molecule has 1 aromatic heterocycles. The number of rotatable bonds is 5. The summed E-state index contributed by atoms with van der Waals surface area (Å²) in [5.74, 6) is 1.69. The van der Waals surface area contributed by atoms with Gasteiger partial charge in [0, 0.05) is 30.5 Å². The number of aromatic nitrogens is 2. The van der Waals surface area contributed by atoms with E-state index in [0.29, 0.717) is 0 Å². The van der Waals surface area contributed by atoms with Gasteiger partial charge in [-0.05, 0) is 32.0 Å². The van der Waals surface area contributed by atoms with E-state index in [0.717, 1.165) is 36.1 Å². The summed E-state index contributed by atoms with van der Waals surface area (Å²) < 4.78 is 0. The van der Waals surface area contributed by atoms with E-state index in [1.54, 1.807) is 6.33 Å². The molecule has 0 unspecified atom stereocenters. The van der Waals surface area contributed by atoms with Crippen LogP contribution in [-0.4, -0.2) is 23.1 Å². The maximum absolute atomic E-state index is 5.75. The molecule has 19 heavy (non-hydrogen) atoms. The molecule has 0 aliphatic rings. The van der Waals surface area contributed by atoms with Crippen LogP contribution in [0.1, 0.15) is 13.8 Å². The van der Waals surface area contributed by atoms with Crippen molar-refractivity contribution in [3.8, 4) is 0 Å². The molecule has 0 aliphatic heterocycles. The third kappa shape index (κ3) is 3.34. The highest BCUT2D eigenvalue weighted by Gasteiger charge is 2.05. The predicted molar refractivity (Wildman–Crippen MR) is 79.7 cm³/mol. The van der Waals surface area contributed by atoms with Gasteiger partial charge in [-0.3, -0.25) is 0 Å². The standard InChI is InChI=1S/C14H19N5/c1-3-19(4-2)14-9-13(16-10-17-14)18-12-7-5-6-11(15)8-12/h5-10H,3-4,15H2,1-2H3,(H,16,17,18). The zero-order valence-corrected chi connectivity index (χ0v) is 11.3. The maximum atomic E-state index is 5.75. The van der Waals surface area contributed by atoms with Gasteiger partial charge in [-0.15, -0.1) is 0 Å². The molecule has 100 valence electrons. The van der Waals surface area contributed by atoms with Gasteiger partial charge in [0.15, 0.2) is 0 Å². The summed E-state index contributed by atoms with van der Waals surface area (Å²) >= 11 is 0. The third-order valence-corrected chi connectivity index (χ3v) is 2.90. The Morgan fingerprint density at radius 2 is 1.95 bits per heavy atom. The topological polar surface area (TPSA) is 67.1 Å². The summed E-state index contributed by atoms with van der Waals surface area (Å²) in [5.41, 5.74) is 7.40. The Balaban J connectivity index is 2.19. The van der Waals surface area contributed by atoms with Gasteiger partial charge >= 0.3 is 0 Å². The van der Waals surface area contributed by atoms with E-state index in [1.165, 1.54) is 0 Å². The van der Waals surface area contributed by atoms with Crippen molar-refractivity contribution in [3.63, 3.8) is 0 Å². The fourth-order valence-corrected chi connectivity index (χ4v) is 1.90. The lowest BCUT2D eigenvalue weighted by molar-refractivity contribution is 0.842. The van der Waals surface area contributed by atoms with Crippen molar-refractivity contribution >= 4 is 23.0 Å². The molecule has 1 aromatic carbocycles. The van der Waals surface area contributed by atoms with Crippen LogP contribution in [-0.2, 0) is 0 Å². The maximum Gasteiger partial charge on any atom is 0.135 e. The Kier molecular flexibility index (Phi) is 4.18. The lowest BCUT2D eigenvalue weighted by Crippen LogP contribution is -2.23. The smallest absolute Gasteiger partial charge is 0.135 e. The first-order valence-electron chi connectivity index (χ1n) is 6.42. The minimum Gasteiger partial charge on any atom is -0.399 e. The van der Waals surface area contributed by atoms with Gasteiger partial charge in [-0.25, -0.2) is 9.97 Å². The zero-order valence-electron chi connectivity index (χ0n) is 11.3. The molecule has 0 bridgehead atoms. The van der Waals surface area contributed by atoms with E-state index in [2.05, 4.69) is 34.0 Å². The number of nitrogen functional groups attached to an aromatic ring is 1. The molecular formula is C14H19N5. The molecular weight excluding hydrogens is 238 g/mol. The zero-order chi connectivity index (χ0) is 13.7. The van der Waals surface area contributed by atoms with Gasteiger partial charge in [-0.1, -0.05) is 6.07 Å². The van der Waals surface area contributed by atoms with E-state index >= 15 is 0 Å². The first-order chi connectivity index (χ1) is 9.22. The number of benzene rings is 1. The van der Waals surface area contributed by atoms with Crippen LogP contribution in [0.3, 0.4) is 0 Å². The number of nitrogens with two attached hydrogens (primary N) is 1. The summed E-state index contributed by atoms with van der Waals surface area (Å²) in [6.07, 6.45) is 1.57. The van der Waals surface area contributed by atoms with Gasteiger partial charge in [0.2, 0.25) is 0 Å². The number of hydrogen-bond donors (Lipinski definition) is 2. The van der Waals surface area contributed by atoms with Crippen molar-refractivity contribution in [3.05, 3.63) is 36.7 Å². The second-order valence-corrected chi connectivity index (χ2v) is 4.18. The monoisotopic (exact) mass is 257 g/mol. The lowest BCUT2D eigenvalue weighted by atomic mass is 10.3. The minimum atomic E-state index is 0.725. The normalized spacial score (nSPS) is 10.2. The summed E-state index contributed by atoms with van der Waals surface area (Å²) in [7, 11) is 0. The highest BCUT2D eigenvalue weighted by Crippen LogP contribution is 2.19. The first kappa shape index (κ1) is 13.1. The summed E-state index contributed by atoms with van der Waals surface area (Å²) in [6.45, 7) is 6.06. The van der Waals surface area contributed by atoms with Crippen molar-refractivity contribution in [2.24, 2.45) is 0 Å². The molecule has 0 spiro atoms. The molecule has 0 fully saturated rings. The molecule has 0 radical (unpaired) electrons. The molecule has 0 aliphatic carbocycles. The molecule has 1 heterocycles. The number of nitrogens with one attached hydrogen (secondary N) is 1. The van der Waals surface area contributed by atoms with E-state index in [1.807, 2.05) is 30.3 Å². The Morgan fingerprint density at radius 1 is 1.16 bits per heavy atom. The van der Waals surface area contributed by atoms with E-state index in [-0.39, 0.29) is 0 Å². The van der Waals surface area contributed by atoms with Crippen LogP contribution in [0.25, 0.3) is 0 Å². The van der Waals surface area contributed by atoms with Gasteiger partial charge in [0.1, 0.15) is 18.0 Å². The van der Waals surface area contributed by atoms with Gasteiger partial charge in [0.25, 0.3) is 0 Å². The second-order valence-electron chi connectivity index (χ2n) is 4.18. The van der Waals surface area contributed by atoms with Gasteiger partial charge in [-0.2, -0.15) is 0 Å². The highest BCUT2D eigenvalue weighted by molar-refractivity contribution is 5.62. The SMILES string of the molecule is CCN(CC)c1cc(Nc2cccc(N)c2)ncn1. The molecule has 0 saturated heterocycles. The third-order valence-electron chi connectivity index (χ3n) is 2.90. The van der Waals surface area contributed by atoms with Crippen molar-refractivity contribution in [2.75, 3.05) is 29.0 Å². The lowest BCUT2D eigenvalue weighted by Gasteiger charge is -2.19. The number of anilines is 4. The molecule has 5 nitrogen and oxygen atoms in total. The van der Waals surface area contributed by atoms with Crippen molar-refractivity contribution < 1.29 is 0 Å². The molecule has 3 N–H and O–H groups in total. The number of hydrogen-bond acceptors (Lipinski definition) is 5. The van der Waals surface area contributed by atoms with Crippen LogP contribution in [0.15, 0.2) is 36.7 Å². The predicted octanol–water partition coefficient (Wildman–Crippen LogP) is 2.65. The van der Waals surface area contributed by atoms with E-state index in [4.69, 9.17) is 5.73 Å². The van der Waals surface area contributed by atoms with Crippen molar-refractivity contribution in [1.29, 1.82) is 0 Å². The van der Waals surface area contributed by atoms with Crippen LogP contribution in [0, 0.1) is 0 Å². The van der Waals surface area contributed by atoms with E-state index < -0.39 is 0 Å². The minimum absolute atomic E-state index is 0.725. The molecule has 2 aromatic rings. The van der Waals surface area contributed by atoms with Crippen LogP contribution in [0.2, 0.25) is 0 Å². The van der Waals surface area contributed by atoms with Gasteiger partial charge in [0.05, 0.1) is 0 Å². The summed E-state index contributed by atoms with van der Waals surface area (Å²) in [5, 5.41) is 3.23. The largest absolute Gasteiger partial charge is 0.399 e. The first-order valence-corrected chi connectivity index (χ1v) is 6.42. The number of nitrogens with zero attached hydrogens (tertiary/aromatic N) is 3. The van der Waals surface area contributed by atoms with Crippen LogP contribution in [0.5, 0.6) is 0 Å². The quantitative estimate of drug-likeness (QED) is 0.806. The second kappa shape index (κ2) is 6.04. The molecule has 5 heteroatoms. The molecule has 0 saturated carbocycles. The van der Waals surface area contributed by atoms with Crippen LogP contribution < -0.4 is 16.0 Å².